The monoisotopic (exact) mass is 280 g/mol. The lowest BCUT2D eigenvalue weighted by Gasteiger charge is -2.28. The Bertz CT molecular complexity index is 413. The highest BCUT2D eigenvalue weighted by atomic mass is 16.5. The van der Waals surface area contributed by atoms with Gasteiger partial charge in [-0.1, -0.05) is 0 Å². The summed E-state index contributed by atoms with van der Waals surface area (Å²) in [5.41, 5.74) is 1.24. The number of aryl methyl sites for hydroxylation is 1. The molecule has 2 rings (SSSR count). The molecule has 1 aromatic rings. The topological polar surface area (TPSA) is 37.6 Å². The molecule has 1 fully saturated rings. The maximum atomic E-state index is 5.97. The summed E-state index contributed by atoms with van der Waals surface area (Å²) < 4.78 is 11.2. The molecule has 1 unspecified atom stereocenters. The molecular formula is C16H28N2O2. The van der Waals surface area contributed by atoms with E-state index < -0.39 is 0 Å². The van der Waals surface area contributed by atoms with E-state index in [1.807, 2.05) is 7.05 Å². The van der Waals surface area contributed by atoms with Crippen molar-refractivity contribution in [1.82, 2.24) is 10.2 Å². The van der Waals surface area contributed by atoms with Crippen LogP contribution in [0.4, 0.5) is 0 Å². The zero-order chi connectivity index (χ0) is 14.5. The van der Waals surface area contributed by atoms with Crippen molar-refractivity contribution in [2.75, 3.05) is 27.3 Å². The standard InChI is InChI=1S/C16H28N2O2/c1-12-9-15(20-16(12)10-17-3)11-18(7-8-19-4)13(2)14-5-6-14/h9,13-14,17H,5-8,10-11H2,1-4H3. The summed E-state index contributed by atoms with van der Waals surface area (Å²) in [5, 5.41) is 3.15. The molecule has 0 radical (unpaired) electrons. The SMILES string of the molecule is CNCc1oc(CN(CCOC)C(C)C2CC2)cc1C. The van der Waals surface area contributed by atoms with Crippen LogP contribution in [0.25, 0.3) is 0 Å². The minimum absolute atomic E-state index is 0.614. The van der Waals surface area contributed by atoms with E-state index in [1.54, 1.807) is 7.11 Å². The molecule has 1 aromatic heterocycles. The highest BCUT2D eigenvalue weighted by Crippen LogP contribution is 2.35. The van der Waals surface area contributed by atoms with E-state index in [0.29, 0.717) is 6.04 Å². The highest BCUT2D eigenvalue weighted by molar-refractivity contribution is 5.20. The highest BCUT2D eigenvalue weighted by Gasteiger charge is 2.32. The van der Waals surface area contributed by atoms with Crippen molar-refractivity contribution in [3.63, 3.8) is 0 Å². The maximum Gasteiger partial charge on any atom is 0.120 e. The van der Waals surface area contributed by atoms with E-state index >= 15 is 0 Å². The molecule has 1 atom stereocenters. The fourth-order valence-electron chi connectivity index (χ4n) is 2.72. The van der Waals surface area contributed by atoms with Gasteiger partial charge in [0.15, 0.2) is 0 Å². The summed E-state index contributed by atoms with van der Waals surface area (Å²) in [4.78, 5) is 2.49. The molecule has 0 bridgehead atoms. The van der Waals surface area contributed by atoms with Crippen molar-refractivity contribution >= 4 is 0 Å². The second-order valence-corrected chi connectivity index (χ2v) is 5.89. The van der Waals surface area contributed by atoms with Crippen LogP contribution in [0.3, 0.4) is 0 Å². The van der Waals surface area contributed by atoms with Gasteiger partial charge in [0.2, 0.25) is 0 Å². The Balaban J connectivity index is 2.00. The molecule has 114 valence electrons. The van der Waals surface area contributed by atoms with Crippen molar-refractivity contribution < 1.29 is 9.15 Å². The fraction of sp³-hybridized carbons (Fsp3) is 0.750. The maximum absolute atomic E-state index is 5.97. The molecule has 0 saturated heterocycles. The first-order chi connectivity index (χ1) is 9.65. The van der Waals surface area contributed by atoms with Crippen molar-refractivity contribution in [2.24, 2.45) is 5.92 Å². The lowest BCUT2D eigenvalue weighted by atomic mass is 10.1. The van der Waals surface area contributed by atoms with E-state index in [0.717, 1.165) is 43.7 Å². The molecular weight excluding hydrogens is 252 g/mol. The molecule has 20 heavy (non-hydrogen) atoms. The number of nitrogens with one attached hydrogen (secondary N) is 1. The van der Waals surface area contributed by atoms with E-state index in [-0.39, 0.29) is 0 Å². The number of nitrogens with zero attached hydrogens (tertiary/aromatic N) is 1. The van der Waals surface area contributed by atoms with Crippen LogP contribution in [-0.4, -0.2) is 38.3 Å². The van der Waals surface area contributed by atoms with Crippen LogP contribution < -0.4 is 5.32 Å². The first kappa shape index (κ1) is 15.5. The Morgan fingerprint density at radius 2 is 2.25 bits per heavy atom. The average Bonchev–Trinajstić information content (AvgIpc) is 3.21. The molecule has 1 aliphatic carbocycles. The Kier molecular flexibility index (Phi) is 5.64. The quantitative estimate of drug-likeness (QED) is 0.754. The first-order valence-corrected chi connectivity index (χ1v) is 7.61. The predicted molar refractivity (Wildman–Crippen MR) is 80.7 cm³/mol. The van der Waals surface area contributed by atoms with Crippen molar-refractivity contribution in [3.05, 3.63) is 23.2 Å². The lowest BCUT2D eigenvalue weighted by Crippen LogP contribution is -2.36. The Labute approximate surface area is 122 Å². The lowest BCUT2D eigenvalue weighted by molar-refractivity contribution is 0.105. The van der Waals surface area contributed by atoms with Gasteiger partial charge in [0, 0.05) is 19.7 Å². The molecule has 1 saturated carbocycles. The van der Waals surface area contributed by atoms with E-state index in [2.05, 4.69) is 30.1 Å². The Morgan fingerprint density at radius 1 is 1.50 bits per heavy atom. The summed E-state index contributed by atoms with van der Waals surface area (Å²) in [7, 11) is 3.71. The van der Waals surface area contributed by atoms with E-state index in [1.165, 1.54) is 18.4 Å². The van der Waals surface area contributed by atoms with Crippen LogP contribution in [0.15, 0.2) is 10.5 Å². The summed E-state index contributed by atoms with van der Waals surface area (Å²) in [6.45, 7) is 7.87. The number of hydrogen-bond acceptors (Lipinski definition) is 4. The van der Waals surface area contributed by atoms with Crippen LogP contribution in [-0.2, 0) is 17.8 Å². The van der Waals surface area contributed by atoms with Crippen LogP contribution in [0, 0.1) is 12.8 Å². The molecule has 4 heteroatoms. The summed E-state index contributed by atoms with van der Waals surface area (Å²) >= 11 is 0. The van der Waals surface area contributed by atoms with Gasteiger partial charge in [0.1, 0.15) is 11.5 Å². The molecule has 0 amide bonds. The minimum Gasteiger partial charge on any atom is -0.463 e. The third-order valence-electron chi connectivity index (χ3n) is 4.23. The van der Waals surface area contributed by atoms with Gasteiger partial charge in [0.05, 0.1) is 19.7 Å². The van der Waals surface area contributed by atoms with Gasteiger partial charge >= 0.3 is 0 Å². The summed E-state index contributed by atoms with van der Waals surface area (Å²) in [6, 6.07) is 2.79. The summed E-state index contributed by atoms with van der Waals surface area (Å²) in [6.07, 6.45) is 2.74. The second-order valence-electron chi connectivity index (χ2n) is 5.89. The minimum atomic E-state index is 0.614. The third-order valence-corrected chi connectivity index (χ3v) is 4.23. The Hall–Kier alpha value is -0.840. The molecule has 1 heterocycles. The molecule has 1 aliphatic rings. The number of hydrogen-bond donors (Lipinski definition) is 1. The molecule has 0 aromatic carbocycles. The number of furan rings is 1. The van der Waals surface area contributed by atoms with Crippen molar-refractivity contribution in [1.29, 1.82) is 0 Å². The predicted octanol–water partition coefficient (Wildman–Crippen LogP) is 2.55. The van der Waals surface area contributed by atoms with Gasteiger partial charge in [-0.2, -0.15) is 0 Å². The largest absolute Gasteiger partial charge is 0.463 e. The summed E-state index contributed by atoms with van der Waals surface area (Å²) in [5.74, 6) is 2.98. The van der Waals surface area contributed by atoms with Crippen LogP contribution >= 0.6 is 0 Å². The van der Waals surface area contributed by atoms with Gasteiger partial charge in [-0.05, 0) is 51.3 Å². The van der Waals surface area contributed by atoms with Crippen LogP contribution in [0.2, 0.25) is 0 Å². The fourth-order valence-corrected chi connectivity index (χ4v) is 2.72. The zero-order valence-corrected chi connectivity index (χ0v) is 13.2. The van der Waals surface area contributed by atoms with Gasteiger partial charge in [-0.3, -0.25) is 4.90 Å². The first-order valence-electron chi connectivity index (χ1n) is 7.61. The number of ether oxygens (including phenoxy) is 1. The van der Waals surface area contributed by atoms with Crippen LogP contribution in [0.5, 0.6) is 0 Å². The van der Waals surface area contributed by atoms with E-state index in [9.17, 15) is 0 Å². The van der Waals surface area contributed by atoms with Crippen LogP contribution in [0.1, 0.15) is 36.8 Å². The second kappa shape index (κ2) is 7.25. The van der Waals surface area contributed by atoms with Crippen molar-refractivity contribution in [3.8, 4) is 0 Å². The Morgan fingerprint density at radius 3 is 2.85 bits per heavy atom. The van der Waals surface area contributed by atoms with Crippen molar-refractivity contribution in [2.45, 2.75) is 45.8 Å². The van der Waals surface area contributed by atoms with Gasteiger partial charge in [0.25, 0.3) is 0 Å². The number of methoxy groups -OCH3 is 1. The number of rotatable bonds is 9. The third kappa shape index (κ3) is 4.08. The molecule has 4 nitrogen and oxygen atoms in total. The smallest absolute Gasteiger partial charge is 0.120 e. The average molecular weight is 280 g/mol. The molecule has 0 spiro atoms. The van der Waals surface area contributed by atoms with Gasteiger partial charge in [-0.15, -0.1) is 0 Å². The van der Waals surface area contributed by atoms with Gasteiger partial charge < -0.3 is 14.5 Å². The van der Waals surface area contributed by atoms with Gasteiger partial charge in [-0.25, -0.2) is 0 Å². The van der Waals surface area contributed by atoms with E-state index in [4.69, 9.17) is 9.15 Å². The normalized spacial score (nSPS) is 16.9. The zero-order valence-electron chi connectivity index (χ0n) is 13.2. The molecule has 1 N–H and O–H groups in total. The molecule has 0 aliphatic heterocycles.